The van der Waals surface area contributed by atoms with E-state index >= 15 is 0 Å². The van der Waals surface area contributed by atoms with Crippen LogP contribution in [0.3, 0.4) is 0 Å². The molecule has 2 fully saturated rings. The van der Waals surface area contributed by atoms with Crippen LogP contribution in [-0.4, -0.2) is 65.2 Å². The number of hydrogen-bond acceptors (Lipinski definition) is 7. The van der Waals surface area contributed by atoms with E-state index in [1.807, 2.05) is 17.2 Å². The number of carbonyl (C=O) groups excluding carboxylic acids is 1. The zero-order chi connectivity index (χ0) is 20.0. The van der Waals surface area contributed by atoms with Crippen molar-refractivity contribution in [2.75, 3.05) is 44.3 Å². The van der Waals surface area contributed by atoms with Crippen molar-refractivity contribution in [3.8, 4) is 0 Å². The maximum atomic E-state index is 12.8. The van der Waals surface area contributed by atoms with Crippen LogP contribution >= 0.6 is 11.3 Å². The molecule has 154 valence electrons. The van der Waals surface area contributed by atoms with Crippen LogP contribution in [0.25, 0.3) is 0 Å². The molecule has 4 heterocycles. The topological polar surface area (TPSA) is 91.4 Å². The number of aromatic nitrogens is 3. The first kappa shape index (κ1) is 18.7. The van der Waals surface area contributed by atoms with Gasteiger partial charge in [0.15, 0.2) is 0 Å². The standard InChI is InChI=1S/C20H25N5O3S/c1-13-21-15(12-29-13)18(27)24-6-4-20(5-7-24)3-2-14-16(20)22-19(23-17(14)26)25-8-10-28-11-9-25/h12H,2-11H2,1H3,(H,22,23,26). The molecule has 2 aliphatic heterocycles. The second-order valence-electron chi connectivity index (χ2n) is 8.14. The third-order valence-electron chi connectivity index (χ3n) is 6.52. The molecule has 0 unspecified atom stereocenters. The van der Waals surface area contributed by atoms with Crippen molar-refractivity contribution >= 4 is 23.2 Å². The number of aryl methyl sites for hydroxylation is 1. The summed E-state index contributed by atoms with van der Waals surface area (Å²) < 4.78 is 5.42. The fourth-order valence-corrected chi connectivity index (χ4v) is 5.40. The molecule has 3 aliphatic rings. The van der Waals surface area contributed by atoms with E-state index in [0.717, 1.165) is 55.0 Å². The summed E-state index contributed by atoms with van der Waals surface area (Å²) in [4.78, 5) is 41.8. The third-order valence-corrected chi connectivity index (χ3v) is 7.29. The predicted octanol–water partition coefficient (Wildman–Crippen LogP) is 1.49. The van der Waals surface area contributed by atoms with E-state index in [1.54, 1.807) is 0 Å². The second kappa shape index (κ2) is 7.21. The molecule has 29 heavy (non-hydrogen) atoms. The Hall–Kier alpha value is -2.26. The average Bonchev–Trinajstić information content (AvgIpc) is 3.33. The molecule has 1 amide bonds. The Labute approximate surface area is 172 Å². The van der Waals surface area contributed by atoms with E-state index < -0.39 is 0 Å². The van der Waals surface area contributed by atoms with Crippen molar-refractivity contribution in [3.05, 3.63) is 37.7 Å². The number of hydrogen-bond donors (Lipinski definition) is 1. The number of likely N-dealkylation sites (tertiary alicyclic amines) is 1. The molecule has 9 heteroatoms. The third kappa shape index (κ3) is 3.26. The summed E-state index contributed by atoms with van der Waals surface area (Å²) in [5.74, 6) is 0.671. The number of fused-ring (bicyclic) bond motifs is 2. The number of ether oxygens (including phenoxy) is 1. The van der Waals surface area contributed by atoms with Crippen LogP contribution in [0.15, 0.2) is 10.2 Å². The second-order valence-corrected chi connectivity index (χ2v) is 9.20. The van der Waals surface area contributed by atoms with Gasteiger partial charge in [0.2, 0.25) is 5.95 Å². The molecule has 5 rings (SSSR count). The van der Waals surface area contributed by atoms with Gasteiger partial charge in [-0.3, -0.25) is 14.6 Å². The summed E-state index contributed by atoms with van der Waals surface area (Å²) in [7, 11) is 0. The van der Waals surface area contributed by atoms with Crippen molar-refractivity contribution in [3.63, 3.8) is 0 Å². The van der Waals surface area contributed by atoms with Crippen LogP contribution in [0.4, 0.5) is 5.95 Å². The molecule has 0 bridgehead atoms. The number of anilines is 1. The molecule has 2 aromatic rings. The number of rotatable bonds is 2. The molecule has 0 saturated carbocycles. The van der Waals surface area contributed by atoms with Gasteiger partial charge in [-0.25, -0.2) is 9.97 Å². The van der Waals surface area contributed by atoms with Crippen molar-refractivity contribution < 1.29 is 9.53 Å². The van der Waals surface area contributed by atoms with Gasteiger partial charge in [0.05, 0.1) is 23.9 Å². The smallest absolute Gasteiger partial charge is 0.273 e. The summed E-state index contributed by atoms with van der Waals surface area (Å²) in [6.45, 7) is 6.05. The first-order valence-electron chi connectivity index (χ1n) is 10.2. The Morgan fingerprint density at radius 3 is 2.62 bits per heavy atom. The van der Waals surface area contributed by atoms with Crippen LogP contribution in [0.1, 0.15) is 46.0 Å². The molecule has 1 N–H and O–H groups in total. The number of piperidine rings is 1. The largest absolute Gasteiger partial charge is 0.378 e. The highest BCUT2D eigenvalue weighted by Gasteiger charge is 2.45. The van der Waals surface area contributed by atoms with Crippen molar-refractivity contribution in [2.24, 2.45) is 0 Å². The maximum absolute atomic E-state index is 12.8. The summed E-state index contributed by atoms with van der Waals surface area (Å²) in [6.07, 6.45) is 3.38. The lowest BCUT2D eigenvalue weighted by molar-refractivity contribution is 0.0658. The first-order chi connectivity index (χ1) is 14.1. The van der Waals surface area contributed by atoms with E-state index in [0.29, 0.717) is 37.9 Å². The molecular weight excluding hydrogens is 390 g/mol. The first-order valence-corrected chi connectivity index (χ1v) is 11.1. The molecule has 0 aromatic carbocycles. The number of nitrogens with one attached hydrogen (secondary N) is 1. The number of H-pyrrole nitrogens is 1. The van der Waals surface area contributed by atoms with Gasteiger partial charge in [-0.2, -0.15) is 0 Å². The highest BCUT2D eigenvalue weighted by atomic mass is 32.1. The van der Waals surface area contributed by atoms with Gasteiger partial charge in [0.25, 0.3) is 11.5 Å². The number of morpholine rings is 1. The van der Waals surface area contributed by atoms with Crippen LogP contribution < -0.4 is 10.5 Å². The molecule has 8 nitrogen and oxygen atoms in total. The Kier molecular flexibility index (Phi) is 4.66. The minimum atomic E-state index is -0.0978. The van der Waals surface area contributed by atoms with Crippen molar-refractivity contribution in [1.82, 2.24) is 19.9 Å². The van der Waals surface area contributed by atoms with Gasteiger partial charge in [-0.05, 0) is 32.6 Å². The van der Waals surface area contributed by atoms with Crippen LogP contribution in [0.2, 0.25) is 0 Å². The van der Waals surface area contributed by atoms with E-state index in [9.17, 15) is 9.59 Å². The fraction of sp³-hybridized carbons (Fsp3) is 0.600. The lowest BCUT2D eigenvalue weighted by Crippen LogP contribution is -2.45. The average molecular weight is 416 g/mol. The van der Waals surface area contributed by atoms with Gasteiger partial charge in [0.1, 0.15) is 5.69 Å². The van der Waals surface area contributed by atoms with E-state index in [4.69, 9.17) is 9.72 Å². The zero-order valence-corrected chi connectivity index (χ0v) is 17.4. The number of thiazole rings is 1. The number of carbonyl (C=O) groups is 1. The lowest BCUT2D eigenvalue weighted by Gasteiger charge is -2.39. The van der Waals surface area contributed by atoms with Crippen LogP contribution in [0.5, 0.6) is 0 Å². The lowest BCUT2D eigenvalue weighted by atomic mass is 9.76. The molecule has 2 saturated heterocycles. The molecule has 2 aromatic heterocycles. The molecule has 1 spiro atoms. The van der Waals surface area contributed by atoms with Gasteiger partial charge in [0, 0.05) is 42.5 Å². The highest BCUT2D eigenvalue weighted by Crippen LogP contribution is 2.44. The zero-order valence-electron chi connectivity index (χ0n) is 16.6. The predicted molar refractivity (Wildman–Crippen MR) is 110 cm³/mol. The summed E-state index contributed by atoms with van der Waals surface area (Å²) in [6, 6.07) is 0. The van der Waals surface area contributed by atoms with E-state index in [1.165, 1.54) is 11.3 Å². The Bertz CT molecular complexity index is 986. The van der Waals surface area contributed by atoms with E-state index in [2.05, 4.69) is 14.9 Å². The molecular formula is C20H25N5O3S. The van der Waals surface area contributed by atoms with Crippen LogP contribution in [0, 0.1) is 6.92 Å². The Morgan fingerprint density at radius 2 is 1.93 bits per heavy atom. The van der Waals surface area contributed by atoms with E-state index in [-0.39, 0.29) is 16.9 Å². The van der Waals surface area contributed by atoms with Crippen LogP contribution in [-0.2, 0) is 16.6 Å². The SMILES string of the molecule is Cc1nc(C(=O)N2CCC3(CCc4c3nc(N3CCOCC3)[nH]c4=O)CC2)cs1. The number of amides is 1. The molecule has 1 aliphatic carbocycles. The van der Waals surface area contributed by atoms with Crippen molar-refractivity contribution in [2.45, 2.75) is 38.0 Å². The summed E-state index contributed by atoms with van der Waals surface area (Å²) >= 11 is 1.50. The summed E-state index contributed by atoms with van der Waals surface area (Å²) in [5.41, 5.74) is 2.22. The van der Waals surface area contributed by atoms with Gasteiger partial charge < -0.3 is 14.5 Å². The van der Waals surface area contributed by atoms with Crippen molar-refractivity contribution in [1.29, 1.82) is 0 Å². The summed E-state index contributed by atoms with van der Waals surface area (Å²) in [5, 5.41) is 2.74. The Balaban J connectivity index is 1.38. The highest BCUT2D eigenvalue weighted by molar-refractivity contribution is 7.09. The van der Waals surface area contributed by atoms with Gasteiger partial charge in [-0.1, -0.05) is 0 Å². The Morgan fingerprint density at radius 1 is 1.17 bits per heavy atom. The van der Waals surface area contributed by atoms with Gasteiger partial charge in [-0.15, -0.1) is 11.3 Å². The molecule has 0 atom stereocenters. The number of nitrogens with zero attached hydrogens (tertiary/aromatic N) is 4. The minimum absolute atomic E-state index is 0.00942. The maximum Gasteiger partial charge on any atom is 0.273 e. The quantitative estimate of drug-likeness (QED) is 0.799. The number of aromatic amines is 1. The minimum Gasteiger partial charge on any atom is -0.378 e. The molecule has 0 radical (unpaired) electrons. The monoisotopic (exact) mass is 415 g/mol. The fourth-order valence-electron chi connectivity index (χ4n) is 4.81. The van der Waals surface area contributed by atoms with Gasteiger partial charge >= 0.3 is 0 Å². The normalized spacial score (nSPS) is 20.9.